The molecular weight excluding hydrogens is 653 g/mol. The number of rotatable bonds is 10. The highest BCUT2D eigenvalue weighted by Gasteiger charge is 2.28. The van der Waals surface area contributed by atoms with Crippen molar-refractivity contribution in [3.05, 3.63) is 108 Å². The molecule has 0 spiro atoms. The van der Waals surface area contributed by atoms with Crippen LogP contribution in [-0.2, 0) is 17.9 Å². The molecule has 2 aliphatic rings. The van der Waals surface area contributed by atoms with Crippen molar-refractivity contribution in [2.24, 2.45) is 5.92 Å². The van der Waals surface area contributed by atoms with Crippen LogP contribution in [0.25, 0.3) is 32.9 Å². The number of carboxylic acid groups (broad SMARTS) is 1. The minimum absolute atomic E-state index is 0.243. The summed E-state index contributed by atoms with van der Waals surface area (Å²) in [6.45, 7) is 8.61. The fourth-order valence-electron chi connectivity index (χ4n) is 7.60. The zero-order valence-corrected chi connectivity index (χ0v) is 29.4. The predicted molar refractivity (Wildman–Crippen MR) is 204 cm³/mol. The van der Waals surface area contributed by atoms with E-state index >= 15 is 0 Å². The number of nitrogens with one attached hydrogen (secondary N) is 2. The molecule has 2 aliphatic heterocycles. The molecule has 4 aromatic heterocycles. The third kappa shape index (κ3) is 6.90. The Labute approximate surface area is 302 Å². The number of hydrogen-bond donors (Lipinski definition) is 4. The van der Waals surface area contributed by atoms with Crippen molar-refractivity contribution in [2.45, 2.75) is 45.9 Å². The standard InChI is InChI=1S/C41H42N8O3/c1-25-33(5-3-7-35(25)46-39-37-29(9-13-42-39)17-27(19-44-37)21-48-15-11-31(23-48)41(51)52)34-6-4-8-36(26(34)2)47-40-38-30(10-14-43-40)18-28(20-45-38)22-49-16-12-32(50)24-49/h3-10,13-14,17-20,31-32,50H,11-12,15-16,21-24H2,1-2H3,(H,42,46)(H,43,47)(H,51,52)/t31-,32-/m1/s1. The number of benzene rings is 2. The molecule has 264 valence electrons. The van der Waals surface area contributed by atoms with Crippen molar-refractivity contribution in [3.8, 4) is 11.1 Å². The first kappa shape index (κ1) is 33.6. The number of fused-ring (bicyclic) bond motifs is 2. The van der Waals surface area contributed by atoms with Gasteiger partial charge in [-0.1, -0.05) is 24.3 Å². The molecule has 0 amide bonds. The summed E-state index contributed by atoms with van der Waals surface area (Å²) in [5, 5.41) is 28.4. The van der Waals surface area contributed by atoms with Crippen LogP contribution in [0.15, 0.2) is 85.5 Å². The number of aliphatic hydroxyl groups excluding tert-OH is 1. The predicted octanol–water partition coefficient (Wildman–Crippen LogP) is 6.82. The maximum absolute atomic E-state index is 11.4. The molecule has 8 rings (SSSR count). The summed E-state index contributed by atoms with van der Waals surface area (Å²) < 4.78 is 0. The summed E-state index contributed by atoms with van der Waals surface area (Å²) in [5.74, 6) is 0.362. The van der Waals surface area contributed by atoms with E-state index in [1.165, 1.54) is 0 Å². The van der Waals surface area contributed by atoms with E-state index in [0.29, 0.717) is 37.7 Å². The maximum Gasteiger partial charge on any atom is 0.307 e. The van der Waals surface area contributed by atoms with E-state index in [9.17, 15) is 15.0 Å². The van der Waals surface area contributed by atoms with Crippen LogP contribution in [0.2, 0.25) is 0 Å². The summed E-state index contributed by atoms with van der Waals surface area (Å²) in [6.07, 6.45) is 8.64. The Morgan fingerprint density at radius 2 is 1.25 bits per heavy atom. The summed E-state index contributed by atoms with van der Waals surface area (Å²) in [6, 6.07) is 20.8. The van der Waals surface area contributed by atoms with Gasteiger partial charge in [-0.05, 0) is 103 Å². The number of nitrogens with zero attached hydrogens (tertiary/aromatic N) is 6. The smallest absolute Gasteiger partial charge is 0.307 e. The summed E-state index contributed by atoms with van der Waals surface area (Å²) in [7, 11) is 0. The molecule has 0 bridgehead atoms. The minimum Gasteiger partial charge on any atom is -0.481 e. The third-order valence-electron chi connectivity index (χ3n) is 10.5. The van der Waals surface area contributed by atoms with Gasteiger partial charge in [0.2, 0.25) is 0 Å². The van der Waals surface area contributed by atoms with E-state index in [1.807, 2.05) is 30.7 Å². The lowest BCUT2D eigenvalue weighted by Crippen LogP contribution is -2.22. The van der Waals surface area contributed by atoms with Gasteiger partial charge in [-0.3, -0.25) is 24.6 Å². The first-order chi connectivity index (χ1) is 25.3. The van der Waals surface area contributed by atoms with Crippen molar-refractivity contribution < 1.29 is 15.0 Å². The van der Waals surface area contributed by atoms with Crippen LogP contribution in [0.4, 0.5) is 23.0 Å². The molecule has 2 saturated heterocycles. The van der Waals surface area contributed by atoms with Crippen molar-refractivity contribution in [2.75, 3.05) is 36.8 Å². The summed E-state index contributed by atoms with van der Waals surface area (Å²) in [4.78, 5) is 34.8. The second-order valence-corrected chi connectivity index (χ2v) is 14.1. The molecule has 4 N–H and O–H groups in total. The number of carboxylic acids is 1. The fourth-order valence-corrected chi connectivity index (χ4v) is 7.60. The summed E-state index contributed by atoms with van der Waals surface area (Å²) in [5.41, 5.74) is 10.0. The van der Waals surface area contributed by atoms with E-state index in [-0.39, 0.29) is 12.0 Å². The monoisotopic (exact) mass is 694 g/mol. The number of anilines is 4. The Kier molecular flexibility index (Phi) is 9.23. The van der Waals surface area contributed by atoms with Gasteiger partial charge >= 0.3 is 5.97 Å². The van der Waals surface area contributed by atoms with Gasteiger partial charge in [-0.25, -0.2) is 9.97 Å². The molecule has 6 heterocycles. The number of carbonyl (C=O) groups is 1. The lowest BCUT2D eigenvalue weighted by atomic mass is 9.94. The highest BCUT2D eigenvalue weighted by molar-refractivity contribution is 5.92. The number of likely N-dealkylation sites (tertiary alicyclic amines) is 2. The number of aromatic nitrogens is 4. The highest BCUT2D eigenvalue weighted by atomic mass is 16.4. The normalized spacial score (nSPS) is 18.0. The lowest BCUT2D eigenvalue weighted by molar-refractivity contribution is -0.141. The molecule has 2 atom stereocenters. The number of aliphatic hydroxyl groups is 1. The first-order valence-electron chi connectivity index (χ1n) is 17.9. The first-order valence-corrected chi connectivity index (χ1v) is 17.9. The fraction of sp³-hybridized carbons (Fsp3) is 0.293. The lowest BCUT2D eigenvalue weighted by Gasteiger charge is -2.18. The van der Waals surface area contributed by atoms with E-state index in [1.54, 1.807) is 6.20 Å². The molecule has 52 heavy (non-hydrogen) atoms. The van der Waals surface area contributed by atoms with Crippen LogP contribution in [0, 0.1) is 19.8 Å². The number of pyridine rings is 4. The van der Waals surface area contributed by atoms with Gasteiger partial charge in [-0.15, -0.1) is 0 Å². The Morgan fingerprint density at radius 1 is 0.731 bits per heavy atom. The average molecular weight is 695 g/mol. The van der Waals surface area contributed by atoms with Crippen LogP contribution >= 0.6 is 0 Å². The highest BCUT2D eigenvalue weighted by Crippen LogP contribution is 2.36. The zero-order valence-electron chi connectivity index (χ0n) is 29.4. The number of hydrogen-bond acceptors (Lipinski definition) is 10. The Hall–Kier alpha value is -5.49. The van der Waals surface area contributed by atoms with Crippen molar-refractivity contribution in [3.63, 3.8) is 0 Å². The van der Waals surface area contributed by atoms with Crippen molar-refractivity contribution in [1.29, 1.82) is 0 Å². The Morgan fingerprint density at radius 3 is 1.73 bits per heavy atom. The zero-order chi connectivity index (χ0) is 35.8. The van der Waals surface area contributed by atoms with E-state index in [0.717, 1.165) is 92.6 Å². The van der Waals surface area contributed by atoms with Crippen LogP contribution in [0.5, 0.6) is 0 Å². The molecule has 2 aromatic carbocycles. The van der Waals surface area contributed by atoms with Crippen LogP contribution in [0.1, 0.15) is 35.1 Å². The molecule has 11 nitrogen and oxygen atoms in total. The molecule has 0 saturated carbocycles. The SMILES string of the molecule is Cc1c(Nc2nccc3cc(CN4CC[C@@H](O)C4)cnc23)cccc1-c1cccc(Nc2nccc3cc(CN4CC[C@@H](C(=O)O)C4)cnc23)c1C. The quantitative estimate of drug-likeness (QED) is 0.120. The molecule has 6 aromatic rings. The van der Waals surface area contributed by atoms with Gasteiger partial charge < -0.3 is 20.8 Å². The maximum atomic E-state index is 11.4. The molecule has 0 radical (unpaired) electrons. The van der Waals surface area contributed by atoms with E-state index in [2.05, 4.69) is 92.8 Å². The van der Waals surface area contributed by atoms with E-state index in [4.69, 9.17) is 9.97 Å². The van der Waals surface area contributed by atoms with Gasteiger partial charge in [0, 0.05) is 79.7 Å². The minimum atomic E-state index is -0.721. The van der Waals surface area contributed by atoms with Crippen molar-refractivity contribution in [1.82, 2.24) is 29.7 Å². The third-order valence-corrected chi connectivity index (χ3v) is 10.5. The number of aliphatic carboxylic acids is 1. The second kappa shape index (κ2) is 14.3. The largest absolute Gasteiger partial charge is 0.481 e. The van der Waals surface area contributed by atoms with Crippen LogP contribution < -0.4 is 10.6 Å². The van der Waals surface area contributed by atoms with Gasteiger partial charge in [0.05, 0.1) is 12.0 Å². The molecule has 0 unspecified atom stereocenters. The second-order valence-electron chi connectivity index (χ2n) is 14.1. The van der Waals surface area contributed by atoms with Gasteiger partial charge in [0.25, 0.3) is 0 Å². The Balaban J connectivity index is 1.02. The Bertz CT molecular complexity index is 2300. The van der Waals surface area contributed by atoms with Crippen LogP contribution in [-0.4, -0.2) is 78.2 Å². The molecule has 2 fully saturated rings. The summed E-state index contributed by atoms with van der Waals surface area (Å²) >= 11 is 0. The molecular formula is C41H42N8O3. The van der Waals surface area contributed by atoms with Crippen molar-refractivity contribution >= 4 is 50.8 Å². The topological polar surface area (TPSA) is 140 Å². The van der Waals surface area contributed by atoms with Gasteiger partial charge in [0.15, 0.2) is 11.6 Å². The van der Waals surface area contributed by atoms with Crippen LogP contribution in [0.3, 0.4) is 0 Å². The van der Waals surface area contributed by atoms with E-state index < -0.39 is 5.97 Å². The van der Waals surface area contributed by atoms with Gasteiger partial charge in [-0.2, -0.15) is 0 Å². The van der Waals surface area contributed by atoms with Gasteiger partial charge in [0.1, 0.15) is 11.0 Å². The average Bonchev–Trinajstić information content (AvgIpc) is 3.79. The number of β-amino-alcohol motifs (C(OH)–C–C–N with tert-alkyl or cyclic N) is 1. The molecule has 11 heteroatoms. The molecule has 0 aliphatic carbocycles.